The van der Waals surface area contributed by atoms with Crippen LogP contribution in [0.1, 0.15) is 10.4 Å². The van der Waals surface area contributed by atoms with E-state index in [0.29, 0.717) is 11.0 Å². The molecule has 0 aromatic heterocycles. The summed E-state index contributed by atoms with van der Waals surface area (Å²) >= 11 is 5.67. The van der Waals surface area contributed by atoms with E-state index < -0.39 is 45.6 Å². The van der Waals surface area contributed by atoms with Gasteiger partial charge in [0.25, 0.3) is 5.69 Å². The van der Waals surface area contributed by atoms with Crippen molar-refractivity contribution in [3.63, 3.8) is 0 Å². The molecule has 0 atom stereocenters. The molecule has 0 spiro atoms. The van der Waals surface area contributed by atoms with Gasteiger partial charge >= 0.3 is 12.1 Å². The molecule has 0 saturated carbocycles. The summed E-state index contributed by atoms with van der Waals surface area (Å²) in [4.78, 5) is 21.3. The maximum atomic E-state index is 12.3. The van der Waals surface area contributed by atoms with Crippen molar-refractivity contribution in [2.75, 3.05) is 18.5 Å². The topological polar surface area (TPSA) is 83.7 Å². The van der Waals surface area contributed by atoms with Crippen molar-refractivity contribution in [2.24, 2.45) is 0 Å². The summed E-state index contributed by atoms with van der Waals surface area (Å²) in [7, 11) is 0.993. The minimum Gasteiger partial charge on any atom is -0.478 e. The molecule has 0 saturated heterocycles. The highest BCUT2D eigenvalue weighted by molar-refractivity contribution is 6.34. The SMILES string of the molecule is CN(CC(F)(F)F)c1c(Cl)cc([N+](=O)[O-])cc1C(=O)O. The number of carbonyl (C=O) groups is 1. The largest absolute Gasteiger partial charge is 0.478 e. The third-order valence-corrected chi connectivity index (χ3v) is 2.58. The maximum absolute atomic E-state index is 12.3. The first kappa shape index (κ1) is 16.0. The summed E-state index contributed by atoms with van der Waals surface area (Å²) in [6, 6.07) is 1.46. The summed E-state index contributed by atoms with van der Waals surface area (Å²) in [6.45, 7) is -1.44. The summed E-state index contributed by atoms with van der Waals surface area (Å²) in [5.74, 6) is -1.61. The first-order valence-corrected chi connectivity index (χ1v) is 5.40. The van der Waals surface area contributed by atoms with Gasteiger partial charge in [-0.15, -0.1) is 0 Å². The Kier molecular flexibility index (Phi) is 4.43. The van der Waals surface area contributed by atoms with Crippen molar-refractivity contribution < 1.29 is 28.0 Å². The van der Waals surface area contributed by atoms with Crippen LogP contribution in [-0.2, 0) is 0 Å². The van der Waals surface area contributed by atoms with E-state index in [1.165, 1.54) is 0 Å². The Bertz CT molecular complexity index is 562. The number of rotatable bonds is 4. The Morgan fingerprint density at radius 3 is 2.45 bits per heavy atom. The van der Waals surface area contributed by atoms with E-state index >= 15 is 0 Å². The van der Waals surface area contributed by atoms with Gasteiger partial charge in [0.2, 0.25) is 0 Å². The zero-order valence-corrected chi connectivity index (χ0v) is 10.7. The number of benzene rings is 1. The highest BCUT2D eigenvalue weighted by atomic mass is 35.5. The van der Waals surface area contributed by atoms with Crippen molar-refractivity contribution in [3.8, 4) is 0 Å². The van der Waals surface area contributed by atoms with Crippen LogP contribution in [0.2, 0.25) is 5.02 Å². The van der Waals surface area contributed by atoms with E-state index in [-0.39, 0.29) is 0 Å². The second-order valence-corrected chi connectivity index (χ2v) is 4.26. The van der Waals surface area contributed by atoms with E-state index in [1.54, 1.807) is 0 Å². The lowest BCUT2D eigenvalue weighted by molar-refractivity contribution is -0.384. The molecule has 1 aromatic rings. The smallest absolute Gasteiger partial charge is 0.405 e. The van der Waals surface area contributed by atoms with Gasteiger partial charge in [-0.2, -0.15) is 13.2 Å². The number of hydrogen-bond acceptors (Lipinski definition) is 4. The molecule has 0 aliphatic carbocycles. The second-order valence-electron chi connectivity index (χ2n) is 3.86. The van der Waals surface area contributed by atoms with Gasteiger partial charge < -0.3 is 10.0 Å². The highest BCUT2D eigenvalue weighted by Crippen LogP contribution is 2.35. The number of anilines is 1. The van der Waals surface area contributed by atoms with E-state index in [9.17, 15) is 28.1 Å². The Hall–Kier alpha value is -2.03. The molecule has 0 amide bonds. The number of non-ortho nitro benzene ring substituents is 1. The van der Waals surface area contributed by atoms with Crippen molar-refractivity contribution >= 4 is 28.9 Å². The monoisotopic (exact) mass is 312 g/mol. The predicted molar refractivity (Wildman–Crippen MR) is 64.4 cm³/mol. The predicted octanol–water partition coefficient (Wildman–Crippen LogP) is 2.94. The normalized spacial score (nSPS) is 11.2. The fraction of sp³-hybridized carbons (Fsp3) is 0.300. The van der Waals surface area contributed by atoms with Gasteiger partial charge in [-0.1, -0.05) is 11.6 Å². The van der Waals surface area contributed by atoms with Crippen LogP contribution in [-0.4, -0.2) is 35.8 Å². The van der Waals surface area contributed by atoms with Crippen molar-refractivity contribution in [1.82, 2.24) is 0 Å². The van der Waals surface area contributed by atoms with Crippen LogP contribution in [0.5, 0.6) is 0 Å². The molecule has 1 N–H and O–H groups in total. The van der Waals surface area contributed by atoms with Crippen LogP contribution in [0.25, 0.3) is 0 Å². The first-order chi connectivity index (χ1) is 9.03. The number of nitro benzene ring substituents is 1. The van der Waals surface area contributed by atoms with Gasteiger partial charge in [-0.05, 0) is 0 Å². The number of halogens is 4. The van der Waals surface area contributed by atoms with Gasteiger partial charge in [0, 0.05) is 19.2 Å². The van der Waals surface area contributed by atoms with Gasteiger partial charge in [0.15, 0.2) is 0 Å². The Morgan fingerprint density at radius 1 is 1.50 bits per heavy atom. The van der Waals surface area contributed by atoms with E-state index in [2.05, 4.69) is 0 Å². The Labute approximate surface area is 115 Å². The zero-order valence-electron chi connectivity index (χ0n) is 9.94. The number of aromatic carboxylic acids is 1. The van der Waals surface area contributed by atoms with Gasteiger partial charge in [0.1, 0.15) is 6.54 Å². The minimum atomic E-state index is -4.57. The number of nitro groups is 1. The molecule has 0 aliphatic heterocycles. The number of alkyl halides is 3. The second kappa shape index (κ2) is 5.53. The van der Waals surface area contributed by atoms with E-state index in [1.807, 2.05) is 0 Å². The molecule has 0 radical (unpaired) electrons. The molecule has 20 heavy (non-hydrogen) atoms. The van der Waals surface area contributed by atoms with E-state index in [0.717, 1.165) is 13.1 Å². The molecular weight excluding hydrogens is 305 g/mol. The molecule has 6 nitrogen and oxygen atoms in total. The molecule has 1 aromatic carbocycles. The van der Waals surface area contributed by atoms with Crippen LogP contribution in [0.15, 0.2) is 12.1 Å². The van der Waals surface area contributed by atoms with Gasteiger partial charge in [0.05, 0.1) is 21.2 Å². The molecule has 0 bridgehead atoms. The van der Waals surface area contributed by atoms with Crippen LogP contribution >= 0.6 is 11.6 Å². The molecule has 0 aliphatic rings. The van der Waals surface area contributed by atoms with E-state index in [4.69, 9.17) is 16.7 Å². The quantitative estimate of drug-likeness (QED) is 0.682. The molecule has 10 heteroatoms. The van der Waals surface area contributed by atoms with Gasteiger partial charge in [-0.3, -0.25) is 10.1 Å². The molecule has 0 fully saturated rings. The van der Waals surface area contributed by atoms with Crippen LogP contribution < -0.4 is 4.90 Å². The average Bonchev–Trinajstić information content (AvgIpc) is 2.24. The molecule has 1 rings (SSSR count). The summed E-state index contributed by atoms with van der Waals surface area (Å²) in [6.07, 6.45) is -4.57. The van der Waals surface area contributed by atoms with Crippen LogP contribution in [0.4, 0.5) is 24.5 Å². The summed E-state index contributed by atoms with van der Waals surface area (Å²) in [5, 5.41) is 19.1. The highest BCUT2D eigenvalue weighted by Gasteiger charge is 2.32. The Morgan fingerprint density at radius 2 is 2.05 bits per heavy atom. The lowest BCUT2D eigenvalue weighted by atomic mass is 10.1. The number of carboxylic acids is 1. The molecular formula is C10H8ClF3N2O4. The first-order valence-electron chi connectivity index (χ1n) is 5.02. The number of nitrogens with zero attached hydrogens (tertiary/aromatic N) is 2. The lowest BCUT2D eigenvalue weighted by Crippen LogP contribution is -2.32. The van der Waals surface area contributed by atoms with Crippen LogP contribution in [0, 0.1) is 10.1 Å². The third kappa shape index (κ3) is 3.73. The summed E-state index contributed by atoms with van der Waals surface area (Å²) in [5.41, 5.74) is -1.71. The number of hydrogen-bond donors (Lipinski definition) is 1. The maximum Gasteiger partial charge on any atom is 0.405 e. The molecule has 0 unspecified atom stereocenters. The van der Waals surface area contributed by atoms with Crippen molar-refractivity contribution in [3.05, 3.63) is 32.8 Å². The fourth-order valence-electron chi connectivity index (χ4n) is 1.59. The van der Waals surface area contributed by atoms with Crippen molar-refractivity contribution in [2.45, 2.75) is 6.18 Å². The standard InChI is InChI=1S/C10H8ClF3N2O4/c1-15(4-10(12,13)14)8-6(9(17)18)2-5(16(19)20)3-7(8)11/h2-3H,4H2,1H3,(H,17,18). The molecule has 110 valence electrons. The minimum absolute atomic E-state index is 0.429. The Balaban J connectivity index is 3.38. The molecule has 0 heterocycles. The van der Waals surface area contributed by atoms with Gasteiger partial charge in [-0.25, -0.2) is 4.79 Å². The number of carboxylic acid groups (broad SMARTS) is 1. The summed E-state index contributed by atoms with van der Waals surface area (Å²) < 4.78 is 37.0. The van der Waals surface area contributed by atoms with Crippen LogP contribution in [0.3, 0.4) is 0 Å². The van der Waals surface area contributed by atoms with Crippen molar-refractivity contribution in [1.29, 1.82) is 0 Å². The fourth-order valence-corrected chi connectivity index (χ4v) is 1.95. The zero-order chi connectivity index (χ0) is 15.7. The average molecular weight is 313 g/mol. The third-order valence-electron chi connectivity index (χ3n) is 2.29. The lowest BCUT2D eigenvalue weighted by Gasteiger charge is -2.23.